The van der Waals surface area contributed by atoms with Crippen molar-refractivity contribution in [1.82, 2.24) is 10.2 Å². The highest BCUT2D eigenvalue weighted by atomic mass is 19.1. The summed E-state index contributed by atoms with van der Waals surface area (Å²) in [7, 11) is 4.37. The van der Waals surface area contributed by atoms with Gasteiger partial charge in [0.05, 0.1) is 0 Å². The monoisotopic (exact) mass is 276 g/mol. The number of rotatable bonds is 6. The van der Waals surface area contributed by atoms with Crippen molar-refractivity contribution in [2.75, 3.05) is 20.6 Å². The summed E-state index contributed by atoms with van der Waals surface area (Å²) >= 11 is 0. The van der Waals surface area contributed by atoms with Gasteiger partial charge < -0.3 is 10.2 Å². The number of halogens is 1. The van der Waals surface area contributed by atoms with Gasteiger partial charge in [-0.1, -0.05) is 12.1 Å². The molecule has 110 valence electrons. The van der Waals surface area contributed by atoms with E-state index in [-0.39, 0.29) is 5.82 Å². The second-order valence-electron chi connectivity index (χ2n) is 6.72. The van der Waals surface area contributed by atoms with Gasteiger partial charge in [0.2, 0.25) is 0 Å². The minimum absolute atomic E-state index is 0.146. The van der Waals surface area contributed by atoms with E-state index < -0.39 is 0 Å². The summed E-state index contributed by atoms with van der Waals surface area (Å²) in [6, 6.07) is 7.44. The van der Waals surface area contributed by atoms with Gasteiger partial charge >= 0.3 is 0 Å². The number of benzene rings is 1. The fourth-order valence-corrected chi connectivity index (χ4v) is 3.32. The maximum Gasteiger partial charge on any atom is 0.123 e. The number of nitrogens with one attached hydrogen (secondary N) is 1. The summed E-state index contributed by atoms with van der Waals surface area (Å²) in [5.41, 5.74) is 1.58. The summed E-state index contributed by atoms with van der Waals surface area (Å²) in [5.74, 6) is 0.590. The van der Waals surface area contributed by atoms with Crippen LogP contribution in [0.5, 0.6) is 0 Å². The van der Waals surface area contributed by atoms with Gasteiger partial charge in [0.25, 0.3) is 0 Å². The molecule has 1 unspecified atom stereocenters. The van der Waals surface area contributed by atoms with E-state index >= 15 is 0 Å². The Morgan fingerprint density at radius 2 is 1.90 bits per heavy atom. The van der Waals surface area contributed by atoms with Crippen LogP contribution >= 0.6 is 0 Å². The molecule has 2 fully saturated rings. The molecule has 0 aliphatic heterocycles. The van der Waals surface area contributed by atoms with Crippen molar-refractivity contribution in [2.24, 2.45) is 5.92 Å². The summed E-state index contributed by atoms with van der Waals surface area (Å²) in [6.07, 6.45) is 6.50. The van der Waals surface area contributed by atoms with Crippen molar-refractivity contribution in [1.29, 1.82) is 0 Å². The van der Waals surface area contributed by atoms with Crippen LogP contribution in [0.15, 0.2) is 24.3 Å². The third kappa shape index (κ3) is 2.75. The van der Waals surface area contributed by atoms with Crippen LogP contribution in [0.25, 0.3) is 0 Å². The molecule has 3 heteroatoms. The quantitative estimate of drug-likeness (QED) is 0.857. The lowest BCUT2D eigenvalue weighted by molar-refractivity contribution is 0.0562. The first kappa shape index (κ1) is 14.0. The van der Waals surface area contributed by atoms with E-state index in [0.717, 1.165) is 12.5 Å². The van der Waals surface area contributed by atoms with Crippen molar-refractivity contribution in [2.45, 2.75) is 43.7 Å². The zero-order valence-corrected chi connectivity index (χ0v) is 12.5. The largest absolute Gasteiger partial charge is 0.308 e. The van der Waals surface area contributed by atoms with Crippen LogP contribution in [0.3, 0.4) is 0 Å². The molecule has 0 radical (unpaired) electrons. The van der Waals surface area contributed by atoms with Gasteiger partial charge in [-0.3, -0.25) is 0 Å². The molecule has 20 heavy (non-hydrogen) atoms. The predicted octanol–water partition coefficient (Wildman–Crippen LogP) is 3.35. The second kappa shape index (κ2) is 5.45. The summed E-state index contributed by atoms with van der Waals surface area (Å²) < 4.78 is 13.1. The van der Waals surface area contributed by atoms with Gasteiger partial charge in [-0.25, -0.2) is 4.39 Å². The number of nitrogens with zero attached hydrogens (tertiary/aromatic N) is 1. The second-order valence-corrected chi connectivity index (χ2v) is 6.72. The fraction of sp³-hybridized carbons (Fsp3) is 0.647. The minimum atomic E-state index is -0.146. The molecule has 0 aromatic heterocycles. The van der Waals surface area contributed by atoms with Gasteiger partial charge in [0, 0.05) is 18.1 Å². The highest BCUT2D eigenvalue weighted by Gasteiger charge is 2.40. The average molecular weight is 276 g/mol. The fourth-order valence-electron chi connectivity index (χ4n) is 3.32. The Balaban J connectivity index is 1.67. The van der Waals surface area contributed by atoms with Crippen LogP contribution < -0.4 is 5.32 Å². The lowest BCUT2D eigenvalue weighted by Gasteiger charge is -2.48. The Hall–Kier alpha value is -0.930. The third-order valence-corrected chi connectivity index (χ3v) is 5.21. The number of hydrogen-bond donors (Lipinski definition) is 1. The molecule has 3 rings (SSSR count). The number of hydrogen-bond acceptors (Lipinski definition) is 2. The molecule has 0 saturated heterocycles. The standard InChI is InChI=1S/C17H25FN2/c1-20(2)17(10-3-11-17)12-19-16(13-4-5-13)14-6-8-15(18)9-7-14/h6-9,13,16,19H,3-5,10-12H2,1-2H3. The minimum Gasteiger partial charge on any atom is -0.308 e. The molecule has 1 aromatic carbocycles. The van der Waals surface area contributed by atoms with Crippen molar-refractivity contribution in [3.05, 3.63) is 35.6 Å². The molecule has 1 aromatic rings. The van der Waals surface area contributed by atoms with Gasteiger partial charge in [-0.2, -0.15) is 0 Å². The molecule has 2 aliphatic carbocycles. The van der Waals surface area contributed by atoms with Gasteiger partial charge in [-0.15, -0.1) is 0 Å². The molecule has 0 amide bonds. The number of likely N-dealkylation sites (N-methyl/N-ethyl adjacent to an activating group) is 1. The highest BCUT2D eigenvalue weighted by Crippen LogP contribution is 2.42. The first-order chi connectivity index (χ1) is 9.61. The molecule has 1 N–H and O–H groups in total. The van der Waals surface area contributed by atoms with E-state index in [1.54, 1.807) is 12.1 Å². The zero-order chi connectivity index (χ0) is 14.2. The summed E-state index contributed by atoms with van der Waals surface area (Å²) in [5, 5.41) is 3.78. The van der Waals surface area contributed by atoms with Crippen LogP contribution in [-0.2, 0) is 0 Å². The SMILES string of the molecule is CN(C)C1(CNC(c2ccc(F)cc2)C2CC2)CCC1. The van der Waals surface area contributed by atoms with E-state index in [9.17, 15) is 4.39 Å². The van der Waals surface area contributed by atoms with E-state index in [0.29, 0.717) is 11.6 Å². The van der Waals surface area contributed by atoms with Crippen molar-refractivity contribution < 1.29 is 4.39 Å². The van der Waals surface area contributed by atoms with Crippen molar-refractivity contribution >= 4 is 0 Å². The molecular formula is C17H25FN2. The Labute approximate surface area is 121 Å². The van der Waals surface area contributed by atoms with E-state index in [2.05, 4.69) is 24.3 Å². The predicted molar refractivity (Wildman–Crippen MR) is 80.1 cm³/mol. The van der Waals surface area contributed by atoms with E-state index in [1.807, 2.05) is 12.1 Å². The van der Waals surface area contributed by atoms with Gasteiger partial charge in [-0.05, 0) is 69.8 Å². The Morgan fingerprint density at radius 1 is 1.25 bits per heavy atom. The maximum absolute atomic E-state index is 13.1. The van der Waals surface area contributed by atoms with Crippen molar-refractivity contribution in [3.63, 3.8) is 0 Å². The maximum atomic E-state index is 13.1. The lowest BCUT2D eigenvalue weighted by atomic mass is 9.75. The summed E-state index contributed by atoms with van der Waals surface area (Å²) in [4.78, 5) is 2.37. The molecule has 1 atom stereocenters. The molecule has 2 nitrogen and oxygen atoms in total. The topological polar surface area (TPSA) is 15.3 Å². The lowest BCUT2D eigenvalue weighted by Crippen LogP contribution is -2.56. The Kier molecular flexibility index (Phi) is 3.83. The molecule has 0 bridgehead atoms. The van der Waals surface area contributed by atoms with Crippen LogP contribution in [-0.4, -0.2) is 31.1 Å². The van der Waals surface area contributed by atoms with Gasteiger partial charge in [0.1, 0.15) is 5.82 Å². The summed E-state index contributed by atoms with van der Waals surface area (Å²) in [6.45, 7) is 1.04. The molecule has 2 aliphatic rings. The van der Waals surface area contributed by atoms with Crippen LogP contribution in [0, 0.1) is 11.7 Å². The Bertz CT molecular complexity index is 447. The molecule has 2 saturated carbocycles. The smallest absolute Gasteiger partial charge is 0.123 e. The first-order valence-electron chi connectivity index (χ1n) is 7.77. The van der Waals surface area contributed by atoms with Gasteiger partial charge in [0.15, 0.2) is 0 Å². The van der Waals surface area contributed by atoms with Crippen LogP contribution in [0.2, 0.25) is 0 Å². The molecular weight excluding hydrogens is 251 g/mol. The molecule has 0 spiro atoms. The Morgan fingerprint density at radius 3 is 2.35 bits per heavy atom. The van der Waals surface area contributed by atoms with Crippen molar-refractivity contribution in [3.8, 4) is 0 Å². The van der Waals surface area contributed by atoms with E-state index in [1.165, 1.54) is 37.7 Å². The average Bonchev–Trinajstić information content (AvgIpc) is 3.18. The molecule has 0 heterocycles. The van der Waals surface area contributed by atoms with Crippen LogP contribution in [0.1, 0.15) is 43.7 Å². The third-order valence-electron chi connectivity index (χ3n) is 5.21. The normalized spacial score (nSPS) is 22.6. The van der Waals surface area contributed by atoms with Crippen LogP contribution in [0.4, 0.5) is 4.39 Å². The first-order valence-corrected chi connectivity index (χ1v) is 7.77. The van der Waals surface area contributed by atoms with E-state index in [4.69, 9.17) is 0 Å². The highest BCUT2D eigenvalue weighted by molar-refractivity contribution is 5.22. The zero-order valence-electron chi connectivity index (χ0n) is 12.5.